The van der Waals surface area contributed by atoms with Crippen molar-refractivity contribution in [3.8, 4) is 0 Å². The number of anilines is 2. The van der Waals surface area contributed by atoms with Crippen LogP contribution < -0.4 is 9.80 Å². The molecule has 0 spiro atoms. The number of piperazine rings is 2. The second kappa shape index (κ2) is 10.2. The van der Waals surface area contributed by atoms with Crippen molar-refractivity contribution in [1.82, 2.24) is 19.8 Å². The maximum Gasteiger partial charge on any atom is 0.337 e. The SMILES string of the molecule is COC(=O)c1ccc(N2CCN(C(C)C(=O)N3CCN(c4ncccn4)CC3)C(C)C2)cc1. The van der Waals surface area contributed by atoms with Crippen molar-refractivity contribution in [2.75, 3.05) is 62.7 Å². The van der Waals surface area contributed by atoms with E-state index >= 15 is 0 Å². The van der Waals surface area contributed by atoms with E-state index in [9.17, 15) is 9.59 Å². The fourth-order valence-corrected chi connectivity index (χ4v) is 4.70. The summed E-state index contributed by atoms with van der Waals surface area (Å²) in [5.41, 5.74) is 1.62. The van der Waals surface area contributed by atoms with E-state index in [0.29, 0.717) is 18.7 Å². The third-order valence-electron chi connectivity index (χ3n) is 6.61. The minimum absolute atomic E-state index is 0.164. The second-order valence-corrected chi connectivity index (χ2v) is 8.61. The van der Waals surface area contributed by atoms with Crippen LogP contribution in [0.2, 0.25) is 0 Å². The Morgan fingerprint density at radius 1 is 0.970 bits per heavy atom. The minimum atomic E-state index is -0.329. The van der Waals surface area contributed by atoms with Crippen LogP contribution in [0.5, 0.6) is 0 Å². The van der Waals surface area contributed by atoms with E-state index in [0.717, 1.165) is 44.4 Å². The average Bonchev–Trinajstić information content (AvgIpc) is 2.88. The zero-order valence-corrected chi connectivity index (χ0v) is 19.6. The van der Waals surface area contributed by atoms with Crippen molar-refractivity contribution in [2.24, 2.45) is 0 Å². The molecule has 0 saturated carbocycles. The maximum absolute atomic E-state index is 13.2. The first-order chi connectivity index (χ1) is 16.0. The van der Waals surface area contributed by atoms with Crippen molar-refractivity contribution >= 4 is 23.5 Å². The molecule has 3 heterocycles. The molecule has 9 heteroatoms. The Morgan fingerprint density at radius 3 is 2.21 bits per heavy atom. The van der Waals surface area contributed by atoms with Gasteiger partial charge in [-0.25, -0.2) is 14.8 Å². The lowest BCUT2D eigenvalue weighted by Crippen LogP contribution is -2.60. The first-order valence-electron chi connectivity index (χ1n) is 11.5. The van der Waals surface area contributed by atoms with Gasteiger partial charge in [0, 0.05) is 69.9 Å². The number of esters is 1. The molecule has 33 heavy (non-hydrogen) atoms. The van der Waals surface area contributed by atoms with Gasteiger partial charge in [0.25, 0.3) is 0 Å². The van der Waals surface area contributed by atoms with E-state index in [1.807, 2.05) is 30.0 Å². The molecular formula is C24H32N6O3. The number of aromatic nitrogens is 2. The molecule has 2 atom stereocenters. The van der Waals surface area contributed by atoms with Gasteiger partial charge in [-0.3, -0.25) is 9.69 Å². The van der Waals surface area contributed by atoms with E-state index in [2.05, 4.69) is 31.6 Å². The highest BCUT2D eigenvalue weighted by molar-refractivity contribution is 5.89. The Kier molecular flexibility index (Phi) is 7.08. The lowest BCUT2D eigenvalue weighted by molar-refractivity contribution is -0.137. The molecule has 1 aromatic carbocycles. The molecule has 176 valence electrons. The quantitative estimate of drug-likeness (QED) is 0.632. The number of methoxy groups -OCH3 is 1. The Bertz CT molecular complexity index is 946. The average molecular weight is 453 g/mol. The summed E-state index contributed by atoms with van der Waals surface area (Å²) in [4.78, 5) is 42.2. The normalized spacial score (nSPS) is 20.5. The van der Waals surface area contributed by atoms with Crippen molar-refractivity contribution in [3.63, 3.8) is 0 Å². The van der Waals surface area contributed by atoms with Crippen LogP contribution in [-0.2, 0) is 9.53 Å². The van der Waals surface area contributed by atoms with Crippen molar-refractivity contribution in [1.29, 1.82) is 0 Å². The molecule has 0 bridgehead atoms. The van der Waals surface area contributed by atoms with Gasteiger partial charge in [0.15, 0.2) is 0 Å². The van der Waals surface area contributed by atoms with Crippen LogP contribution in [0.3, 0.4) is 0 Å². The van der Waals surface area contributed by atoms with Gasteiger partial charge in [0.2, 0.25) is 11.9 Å². The number of carbonyl (C=O) groups is 2. The van der Waals surface area contributed by atoms with Crippen LogP contribution in [-0.4, -0.2) is 96.7 Å². The van der Waals surface area contributed by atoms with Gasteiger partial charge in [0.1, 0.15) is 0 Å². The van der Waals surface area contributed by atoms with E-state index < -0.39 is 0 Å². The number of ether oxygens (including phenoxy) is 1. The Labute approximate surface area is 195 Å². The van der Waals surface area contributed by atoms with Crippen molar-refractivity contribution < 1.29 is 14.3 Å². The van der Waals surface area contributed by atoms with E-state index in [4.69, 9.17) is 4.74 Å². The van der Waals surface area contributed by atoms with Gasteiger partial charge in [-0.1, -0.05) is 0 Å². The summed E-state index contributed by atoms with van der Waals surface area (Å²) >= 11 is 0. The first kappa shape index (κ1) is 23.0. The molecule has 2 unspecified atom stereocenters. The van der Waals surface area contributed by atoms with Crippen molar-refractivity contribution in [3.05, 3.63) is 48.3 Å². The molecule has 1 aromatic heterocycles. The fraction of sp³-hybridized carbons (Fsp3) is 0.500. The van der Waals surface area contributed by atoms with Gasteiger partial charge in [-0.05, 0) is 44.2 Å². The number of carbonyl (C=O) groups excluding carboxylic acids is 2. The number of rotatable bonds is 5. The third kappa shape index (κ3) is 5.08. The second-order valence-electron chi connectivity index (χ2n) is 8.61. The van der Waals surface area contributed by atoms with Crippen LogP contribution >= 0.6 is 0 Å². The molecule has 2 saturated heterocycles. The maximum atomic E-state index is 13.2. The summed E-state index contributed by atoms with van der Waals surface area (Å²) < 4.78 is 4.78. The van der Waals surface area contributed by atoms with Crippen LogP contribution in [0.15, 0.2) is 42.7 Å². The predicted molar refractivity (Wildman–Crippen MR) is 126 cm³/mol. The summed E-state index contributed by atoms with van der Waals surface area (Å²) in [6.07, 6.45) is 3.49. The standard InChI is InChI=1S/C24H32N6O3/c1-18-17-29(21-7-5-20(6-8-21)23(32)33-3)15-16-30(18)19(2)22(31)27-11-13-28(14-12-27)24-25-9-4-10-26-24/h4-10,18-19H,11-17H2,1-3H3. The molecule has 2 aliphatic rings. The van der Waals surface area contributed by atoms with E-state index in [-0.39, 0.29) is 24.0 Å². The molecule has 4 rings (SSSR count). The first-order valence-corrected chi connectivity index (χ1v) is 11.5. The smallest absolute Gasteiger partial charge is 0.337 e. The lowest BCUT2D eigenvalue weighted by Gasteiger charge is -2.45. The topological polar surface area (TPSA) is 82.1 Å². The molecule has 0 aliphatic carbocycles. The number of hydrogen-bond donors (Lipinski definition) is 0. The number of benzene rings is 1. The highest BCUT2D eigenvalue weighted by Gasteiger charge is 2.34. The zero-order valence-electron chi connectivity index (χ0n) is 19.6. The third-order valence-corrected chi connectivity index (χ3v) is 6.61. The Morgan fingerprint density at radius 2 is 1.61 bits per heavy atom. The summed E-state index contributed by atoms with van der Waals surface area (Å²) in [6, 6.07) is 9.39. The van der Waals surface area contributed by atoms with Gasteiger partial charge in [0.05, 0.1) is 18.7 Å². The van der Waals surface area contributed by atoms with Gasteiger partial charge < -0.3 is 19.4 Å². The van der Waals surface area contributed by atoms with E-state index in [1.165, 1.54) is 7.11 Å². The molecule has 0 radical (unpaired) electrons. The minimum Gasteiger partial charge on any atom is -0.465 e. The number of amides is 1. The summed E-state index contributed by atoms with van der Waals surface area (Å²) in [5, 5.41) is 0. The van der Waals surface area contributed by atoms with Crippen LogP contribution in [0.1, 0.15) is 24.2 Å². The monoisotopic (exact) mass is 452 g/mol. The van der Waals surface area contributed by atoms with Crippen LogP contribution in [0.25, 0.3) is 0 Å². The lowest BCUT2D eigenvalue weighted by atomic mass is 10.1. The molecule has 0 N–H and O–H groups in total. The molecular weight excluding hydrogens is 420 g/mol. The molecule has 2 aromatic rings. The van der Waals surface area contributed by atoms with E-state index in [1.54, 1.807) is 24.5 Å². The van der Waals surface area contributed by atoms with Gasteiger partial charge >= 0.3 is 5.97 Å². The van der Waals surface area contributed by atoms with Gasteiger partial charge in [-0.2, -0.15) is 0 Å². The van der Waals surface area contributed by atoms with Crippen LogP contribution in [0, 0.1) is 0 Å². The fourth-order valence-electron chi connectivity index (χ4n) is 4.70. The molecule has 2 fully saturated rings. The zero-order chi connectivity index (χ0) is 23.4. The van der Waals surface area contributed by atoms with Crippen molar-refractivity contribution in [2.45, 2.75) is 25.9 Å². The molecule has 1 amide bonds. The summed E-state index contributed by atoms with van der Waals surface area (Å²) in [5.74, 6) is 0.581. The summed E-state index contributed by atoms with van der Waals surface area (Å²) in [7, 11) is 1.39. The summed E-state index contributed by atoms with van der Waals surface area (Å²) in [6.45, 7) is 9.51. The largest absolute Gasteiger partial charge is 0.465 e. The Hall–Kier alpha value is -3.20. The number of nitrogens with zero attached hydrogens (tertiary/aromatic N) is 6. The highest BCUT2D eigenvalue weighted by atomic mass is 16.5. The van der Waals surface area contributed by atoms with Crippen LogP contribution in [0.4, 0.5) is 11.6 Å². The Balaban J connectivity index is 1.31. The molecule has 2 aliphatic heterocycles. The predicted octanol–water partition coefficient (Wildman–Crippen LogP) is 1.51. The highest BCUT2D eigenvalue weighted by Crippen LogP contribution is 2.22. The molecule has 9 nitrogen and oxygen atoms in total. The van der Waals surface area contributed by atoms with Gasteiger partial charge in [-0.15, -0.1) is 0 Å². The number of hydrogen-bond acceptors (Lipinski definition) is 8.